The molecule has 0 bridgehead atoms. The van der Waals surface area contributed by atoms with Gasteiger partial charge in [-0.3, -0.25) is 14.5 Å². The average molecular weight is 820 g/mol. The Labute approximate surface area is 346 Å². The fourth-order valence-corrected chi connectivity index (χ4v) is 9.03. The number of anilines is 1. The minimum absolute atomic E-state index is 0.0736. The van der Waals surface area contributed by atoms with Crippen molar-refractivity contribution in [1.29, 1.82) is 0 Å². The van der Waals surface area contributed by atoms with Gasteiger partial charge in [-0.05, 0) is 107 Å². The van der Waals surface area contributed by atoms with Crippen LogP contribution in [0.1, 0.15) is 74.0 Å². The fourth-order valence-electron chi connectivity index (χ4n) is 8.68. The van der Waals surface area contributed by atoms with Crippen LogP contribution in [0.2, 0.25) is 10.0 Å². The lowest BCUT2D eigenvalue weighted by Gasteiger charge is -2.35. The van der Waals surface area contributed by atoms with E-state index in [4.69, 9.17) is 37.8 Å². The van der Waals surface area contributed by atoms with Crippen molar-refractivity contribution in [1.82, 2.24) is 23.9 Å². The van der Waals surface area contributed by atoms with Crippen molar-refractivity contribution < 1.29 is 24.2 Å². The topological polar surface area (TPSA) is 117 Å². The quantitative estimate of drug-likeness (QED) is 0.129. The number of nitrogens with zero attached hydrogens (tertiary/aromatic N) is 6. The van der Waals surface area contributed by atoms with Crippen molar-refractivity contribution in [3.8, 4) is 22.6 Å². The molecule has 1 aliphatic rings. The molecule has 0 fully saturated rings. The zero-order chi connectivity index (χ0) is 41.2. The number of carbonyl (C=O) groups is 2. The summed E-state index contributed by atoms with van der Waals surface area (Å²) in [5.74, 6) is -0.160. The van der Waals surface area contributed by atoms with E-state index in [-0.39, 0.29) is 24.1 Å². The Hall–Kier alpha value is -5.78. The molecule has 0 saturated heterocycles. The summed E-state index contributed by atoms with van der Waals surface area (Å²) in [6.45, 7) is 11.0. The second-order valence-electron chi connectivity index (χ2n) is 15.1. The molecular formula is C45H44Cl2N6O5. The van der Waals surface area contributed by atoms with Crippen LogP contribution in [0.3, 0.4) is 0 Å². The molecule has 1 aliphatic heterocycles. The number of hydrogen-bond donors (Lipinski definition) is 1. The molecule has 11 nitrogen and oxygen atoms in total. The van der Waals surface area contributed by atoms with E-state index in [1.807, 2.05) is 92.5 Å². The van der Waals surface area contributed by atoms with Crippen LogP contribution in [-0.2, 0) is 20.0 Å². The molecule has 0 spiro atoms. The lowest BCUT2D eigenvalue weighted by molar-refractivity contribution is 0.0698. The maximum Gasteiger partial charge on any atom is 0.338 e. The summed E-state index contributed by atoms with van der Waals surface area (Å²) in [5, 5.41) is 17.8. The Morgan fingerprint density at radius 2 is 1.76 bits per heavy atom. The first-order valence-electron chi connectivity index (χ1n) is 19.2. The molecule has 1 atom stereocenters. The molecule has 0 saturated carbocycles. The Morgan fingerprint density at radius 1 is 1.00 bits per heavy atom. The predicted octanol–water partition coefficient (Wildman–Crippen LogP) is 9.92. The summed E-state index contributed by atoms with van der Waals surface area (Å²) in [5.41, 5.74) is 9.77. The van der Waals surface area contributed by atoms with Gasteiger partial charge in [0.25, 0.3) is 5.91 Å². The van der Waals surface area contributed by atoms with Crippen LogP contribution in [-0.4, -0.2) is 61.1 Å². The van der Waals surface area contributed by atoms with E-state index in [0.717, 1.165) is 66.6 Å². The van der Waals surface area contributed by atoms with Gasteiger partial charge in [-0.2, -0.15) is 5.10 Å². The molecule has 1 amide bonds. The third kappa shape index (κ3) is 6.46. The number of ether oxygens (including phenoxy) is 2. The molecule has 58 heavy (non-hydrogen) atoms. The van der Waals surface area contributed by atoms with Gasteiger partial charge in [0.2, 0.25) is 0 Å². The van der Waals surface area contributed by atoms with Gasteiger partial charge in [0.05, 0.1) is 64.3 Å². The number of fused-ring (bicyclic) bond motifs is 4. The number of carboxylic acids is 1. The third-order valence-corrected chi connectivity index (χ3v) is 12.2. The first kappa shape index (κ1) is 39.1. The Morgan fingerprint density at radius 3 is 2.41 bits per heavy atom. The summed E-state index contributed by atoms with van der Waals surface area (Å²) in [6.07, 6.45) is 4.47. The van der Waals surface area contributed by atoms with Crippen LogP contribution >= 0.6 is 23.2 Å². The highest BCUT2D eigenvalue weighted by molar-refractivity contribution is 6.35. The number of rotatable bonds is 11. The summed E-state index contributed by atoms with van der Waals surface area (Å²) in [7, 11) is 3.43. The van der Waals surface area contributed by atoms with Gasteiger partial charge in [0, 0.05) is 59.3 Å². The smallest absolute Gasteiger partial charge is 0.338 e. The van der Waals surface area contributed by atoms with E-state index in [1.54, 1.807) is 23.4 Å². The molecule has 8 rings (SSSR count). The third-order valence-electron chi connectivity index (χ3n) is 11.3. The van der Waals surface area contributed by atoms with E-state index in [0.29, 0.717) is 59.0 Å². The molecule has 5 heterocycles. The zero-order valence-corrected chi connectivity index (χ0v) is 35.0. The maximum atomic E-state index is 15.4. The monoisotopic (exact) mass is 818 g/mol. The lowest BCUT2D eigenvalue weighted by Crippen LogP contribution is -2.43. The van der Waals surface area contributed by atoms with E-state index >= 15 is 4.79 Å². The van der Waals surface area contributed by atoms with Gasteiger partial charge < -0.3 is 28.6 Å². The summed E-state index contributed by atoms with van der Waals surface area (Å²) < 4.78 is 17.9. The van der Waals surface area contributed by atoms with Crippen molar-refractivity contribution in [3.63, 3.8) is 0 Å². The Balaban J connectivity index is 1.30. The molecule has 13 heteroatoms. The van der Waals surface area contributed by atoms with E-state index in [9.17, 15) is 9.90 Å². The standard InChI is InChI=1S/C45H44Cl2N6O5/c1-24-19-30(20-25(2)40(24)47)58-18-10-12-31-32-13-14-34(46)39(37-27(4)49-50(6)28(37)5)41(32)53-26(3)21-52(44(54)42(31)53)35-15-16-36(57-7)38-33(45(55)56)23-51(43(35)38)22-29-11-8-9-17-48-29/h8-9,11,13-17,19-20,23,26H,10,12,18,21-22H2,1-7H3,(H,55,56)/t26-/m1/s1. The number of carboxylic acid groups (broad SMARTS) is 1. The van der Waals surface area contributed by atoms with Crippen LogP contribution in [0.5, 0.6) is 11.5 Å². The number of methoxy groups -OCH3 is 1. The van der Waals surface area contributed by atoms with E-state index in [1.165, 1.54) is 7.11 Å². The molecule has 1 N–H and O–H groups in total. The maximum absolute atomic E-state index is 15.4. The fraction of sp³-hybridized carbons (Fsp3) is 0.289. The second-order valence-corrected chi connectivity index (χ2v) is 15.9. The second kappa shape index (κ2) is 15.2. The minimum Gasteiger partial charge on any atom is -0.496 e. The predicted molar refractivity (Wildman–Crippen MR) is 229 cm³/mol. The largest absolute Gasteiger partial charge is 0.496 e. The van der Waals surface area contributed by atoms with Gasteiger partial charge in [0.15, 0.2) is 0 Å². The minimum atomic E-state index is -1.10. The number of aromatic nitrogens is 5. The highest BCUT2D eigenvalue weighted by atomic mass is 35.5. The first-order chi connectivity index (χ1) is 27.8. The van der Waals surface area contributed by atoms with E-state index < -0.39 is 5.97 Å². The number of pyridine rings is 1. The van der Waals surface area contributed by atoms with Crippen molar-refractivity contribution in [2.24, 2.45) is 7.05 Å². The number of hydrogen-bond acceptors (Lipinski definition) is 6. The summed E-state index contributed by atoms with van der Waals surface area (Å²) in [6, 6.07) is 16.8. The molecular weight excluding hydrogens is 775 g/mol. The van der Waals surface area contributed by atoms with Crippen LogP contribution in [0.4, 0.5) is 5.69 Å². The highest BCUT2D eigenvalue weighted by Crippen LogP contribution is 2.46. The van der Waals surface area contributed by atoms with Crippen molar-refractivity contribution in [3.05, 3.63) is 122 Å². The van der Waals surface area contributed by atoms with E-state index in [2.05, 4.69) is 16.5 Å². The van der Waals surface area contributed by atoms with Gasteiger partial charge in [-0.1, -0.05) is 35.3 Å². The first-order valence-corrected chi connectivity index (χ1v) is 20.0. The van der Waals surface area contributed by atoms with Crippen LogP contribution in [0, 0.1) is 27.7 Å². The zero-order valence-electron chi connectivity index (χ0n) is 33.5. The molecule has 0 radical (unpaired) electrons. The molecule has 4 aromatic heterocycles. The lowest BCUT2D eigenvalue weighted by atomic mass is 9.98. The van der Waals surface area contributed by atoms with Gasteiger partial charge in [0.1, 0.15) is 17.2 Å². The number of aromatic carboxylic acids is 1. The normalized spacial score (nSPS) is 14.1. The van der Waals surface area contributed by atoms with Crippen molar-refractivity contribution in [2.45, 2.75) is 60.0 Å². The van der Waals surface area contributed by atoms with Gasteiger partial charge in [-0.15, -0.1) is 0 Å². The Kier molecular flexibility index (Phi) is 10.2. The molecule has 0 unspecified atom stereocenters. The van der Waals surface area contributed by atoms with Crippen LogP contribution < -0.4 is 14.4 Å². The average Bonchev–Trinajstić information content (AvgIpc) is 3.83. The molecule has 0 aliphatic carbocycles. The van der Waals surface area contributed by atoms with Crippen LogP contribution in [0.15, 0.2) is 67.0 Å². The number of benzene rings is 3. The molecule has 298 valence electrons. The number of amides is 1. The number of carbonyl (C=O) groups excluding carboxylic acids is 1. The summed E-state index contributed by atoms with van der Waals surface area (Å²) >= 11 is 13.6. The van der Waals surface area contributed by atoms with Crippen molar-refractivity contribution >= 4 is 62.6 Å². The van der Waals surface area contributed by atoms with Crippen LogP contribution in [0.25, 0.3) is 32.9 Å². The SMILES string of the molecule is COc1ccc(N2C[C@@H](C)n3c(c(CCCOc4cc(C)c(Cl)c(C)c4)c4ccc(Cl)c(-c5c(C)nn(C)c5C)c43)C2=O)c2c1c(C(=O)O)cn2Cc1ccccn1. The number of halogens is 2. The highest BCUT2D eigenvalue weighted by Gasteiger charge is 2.38. The van der Waals surface area contributed by atoms with Gasteiger partial charge >= 0.3 is 5.97 Å². The molecule has 7 aromatic rings. The summed E-state index contributed by atoms with van der Waals surface area (Å²) in [4.78, 5) is 34.5. The Bertz CT molecular complexity index is 2760. The van der Waals surface area contributed by atoms with Crippen molar-refractivity contribution in [2.75, 3.05) is 25.2 Å². The number of aryl methyl sites for hydroxylation is 5. The van der Waals surface area contributed by atoms with Gasteiger partial charge in [-0.25, -0.2) is 4.79 Å². The molecule has 3 aromatic carbocycles.